The van der Waals surface area contributed by atoms with Crippen molar-refractivity contribution >= 4 is 15.9 Å². The molecule has 3 atom stereocenters. The molecule has 1 fully saturated rings. The van der Waals surface area contributed by atoms with Gasteiger partial charge < -0.3 is 5.32 Å². The molecule has 2 rings (SSSR count). The summed E-state index contributed by atoms with van der Waals surface area (Å²) in [5, 5.41) is 3.34. The van der Waals surface area contributed by atoms with Crippen molar-refractivity contribution in [1.82, 2.24) is 5.32 Å². The molecule has 0 amide bonds. The lowest BCUT2D eigenvalue weighted by atomic mass is 9.70. The van der Waals surface area contributed by atoms with E-state index < -0.39 is 0 Å². The first-order chi connectivity index (χ1) is 10.1. The molecule has 1 aromatic rings. The Morgan fingerprint density at radius 3 is 2.81 bits per heavy atom. The Hall–Kier alpha value is -0.410. The molecule has 0 saturated heterocycles. The van der Waals surface area contributed by atoms with Crippen molar-refractivity contribution in [2.24, 2.45) is 17.8 Å². The zero-order valence-corrected chi connectivity index (χ0v) is 14.8. The standard InChI is InChI=1S/C18H27BrFN/c1-3-4-13-5-6-14(12-21-2)15(9-13)10-16-11-17(20)7-8-18(16)19/h7-8,11,13-15,21H,3-6,9-10,12H2,1-2H3. The number of hydrogen-bond acceptors (Lipinski definition) is 1. The minimum Gasteiger partial charge on any atom is -0.319 e. The minimum atomic E-state index is -0.126. The molecule has 1 N–H and O–H groups in total. The van der Waals surface area contributed by atoms with Crippen molar-refractivity contribution in [2.45, 2.75) is 45.4 Å². The van der Waals surface area contributed by atoms with Crippen molar-refractivity contribution in [2.75, 3.05) is 13.6 Å². The Morgan fingerprint density at radius 1 is 1.29 bits per heavy atom. The van der Waals surface area contributed by atoms with Crippen molar-refractivity contribution in [3.8, 4) is 0 Å². The number of benzene rings is 1. The van der Waals surface area contributed by atoms with E-state index >= 15 is 0 Å². The van der Waals surface area contributed by atoms with E-state index in [9.17, 15) is 4.39 Å². The molecule has 0 spiro atoms. The van der Waals surface area contributed by atoms with Gasteiger partial charge in [-0.1, -0.05) is 42.1 Å². The molecule has 0 bridgehead atoms. The van der Waals surface area contributed by atoms with Crippen LogP contribution in [-0.4, -0.2) is 13.6 Å². The number of hydrogen-bond donors (Lipinski definition) is 1. The van der Waals surface area contributed by atoms with Crippen LogP contribution in [0.3, 0.4) is 0 Å². The summed E-state index contributed by atoms with van der Waals surface area (Å²) in [6.45, 7) is 3.36. The molecule has 1 aliphatic rings. The molecular formula is C18H27BrFN. The fourth-order valence-corrected chi connectivity index (χ4v) is 4.27. The van der Waals surface area contributed by atoms with Crippen LogP contribution in [0.2, 0.25) is 0 Å². The zero-order valence-electron chi connectivity index (χ0n) is 13.2. The molecular weight excluding hydrogens is 329 g/mol. The van der Waals surface area contributed by atoms with Crippen LogP contribution in [0.25, 0.3) is 0 Å². The molecule has 1 saturated carbocycles. The molecule has 1 nitrogen and oxygen atoms in total. The van der Waals surface area contributed by atoms with Gasteiger partial charge in [-0.15, -0.1) is 0 Å². The fraction of sp³-hybridized carbons (Fsp3) is 0.667. The first-order valence-corrected chi connectivity index (χ1v) is 9.01. The van der Waals surface area contributed by atoms with Crippen LogP contribution in [0.1, 0.15) is 44.6 Å². The topological polar surface area (TPSA) is 12.0 Å². The van der Waals surface area contributed by atoms with Gasteiger partial charge in [0.05, 0.1) is 0 Å². The lowest BCUT2D eigenvalue weighted by molar-refractivity contribution is 0.169. The van der Waals surface area contributed by atoms with Gasteiger partial charge in [-0.2, -0.15) is 0 Å². The Balaban J connectivity index is 2.09. The maximum absolute atomic E-state index is 13.5. The van der Waals surface area contributed by atoms with Crippen molar-refractivity contribution in [1.29, 1.82) is 0 Å². The lowest BCUT2D eigenvalue weighted by Gasteiger charge is -2.36. The van der Waals surface area contributed by atoms with Gasteiger partial charge in [-0.05, 0) is 74.4 Å². The van der Waals surface area contributed by atoms with Gasteiger partial charge in [0.25, 0.3) is 0 Å². The molecule has 1 aliphatic carbocycles. The largest absolute Gasteiger partial charge is 0.319 e. The van der Waals surface area contributed by atoms with Crippen LogP contribution in [-0.2, 0) is 6.42 Å². The highest BCUT2D eigenvalue weighted by Crippen LogP contribution is 2.38. The Bertz CT molecular complexity index is 449. The Morgan fingerprint density at radius 2 is 2.10 bits per heavy atom. The Labute approximate surface area is 136 Å². The van der Waals surface area contributed by atoms with E-state index in [1.54, 1.807) is 6.07 Å². The first kappa shape index (κ1) is 17.0. The zero-order chi connectivity index (χ0) is 15.2. The molecule has 1 aromatic carbocycles. The minimum absolute atomic E-state index is 0.126. The second-order valence-corrected chi connectivity index (χ2v) is 7.34. The van der Waals surface area contributed by atoms with Crippen molar-refractivity contribution in [3.63, 3.8) is 0 Å². The predicted octanol–water partition coefficient (Wildman–Crippen LogP) is 5.18. The van der Waals surface area contributed by atoms with E-state index in [1.165, 1.54) is 38.2 Å². The highest BCUT2D eigenvalue weighted by molar-refractivity contribution is 9.10. The smallest absolute Gasteiger partial charge is 0.123 e. The number of halogens is 2. The van der Waals surface area contributed by atoms with Gasteiger partial charge in [0.2, 0.25) is 0 Å². The van der Waals surface area contributed by atoms with E-state index in [4.69, 9.17) is 0 Å². The fourth-order valence-electron chi connectivity index (χ4n) is 3.86. The summed E-state index contributed by atoms with van der Waals surface area (Å²) < 4.78 is 14.6. The summed E-state index contributed by atoms with van der Waals surface area (Å²) in [6.07, 6.45) is 7.57. The second-order valence-electron chi connectivity index (χ2n) is 6.49. The van der Waals surface area contributed by atoms with Gasteiger partial charge in [0.1, 0.15) is 5.82 Å². The maximum atomic E-state index is 13.5. The third-order valence-corrected chi connectivity index (χ3v) is 5.68. The average molecular weight is 356 g/mol. The summed E-state index contributed by atoms with van der Waals surface area (Å²) in [5.41, 5.74) is 1.12. The van der Waals surface area contributed by atoms with Crippen LogP contribution in [0.15, 0.2) is 22.7 Å². The van der Waals surface area contributed by atoms with Crippen LogP contribution in [0.4, 0.5) is 4.39 Å². The van der Waals surface area contributed by atoms with Crippen LogP contribution < -0.4 is 5.32 Å². The third kappa shape index (κ3) is 4.79. The molecule has 0 radical (unpaired) electrons. The molecule has 0 heterocycles. The summed E-state index contributed by atoms with van der Waals surface area (Å²) in [5.74, 6) is 2.12. The molecule has 118 valence electrons. The van der Waals surface area contributed by atoms with Gasteiger partial charge in [-0.25, -0.2) is 4.39 Å². The van der Waals surface area contributed by atoms with Crippen LogP contribution in [0, 0.1) is 23.6 Å². The average Bonchev–Trinajstić information content (AvgIpc) is 2.46. The monoisotopic (exact) mass is 355 g/mol. The molecule has 0 aliphatic heterocycles. The first-order valence-electron chi connectivity index (χ1n) is 8.22. The molecule has 21 heavy (non-hydrogen) atoms. The normalized spacial score (nSPS) is 26.0. The van der Waals surface area contributed by atoms with E-state index in [0.717, 1.165) is 34.8 Å². The number of rotatable bonds is 6. The highest BCUT2D eigenvalue weighted by Gasteiger charge is 2.30. The molecule has 0 aromatic heterocycles. The molecule has 3 heteroatoms. The van der Waals surface area contributed by atoms with Crippen molar-refractivity contribution < 1.29 is 4.39 Å². The van der Waals surface area contributed by atoms with Crippen LogP contribution in [0.5, 0.6) is 0 Å². The Kier molecular flexibility index (Phi) is 6.69. The predicted molar refractivity (Wildman–Crippen MR) is 91.0 cm³/mol. The number of nitrogens with one attached hydrogen (secondary N) is 1. The SMILES string of the molecule is CCCC1CCC(CNC)C(Cc2cc(F)ccc2Br)C1. The van der Waals surface area contributed by atoms with Gasteiger partial charge in [0.15, 0.2) is 0 Å². The van der Waals surface area contributed by atoms with Gasteiger partial charge >= 0.3 is 0 Å². The summed E-state index contributed by atoms with van der Waals surface area (Å²) in [4.78, 5) is 0. The van der Waals surface area contributed by atoms with Gasteiger partial charge in [0, 0.05) is 4.47 Å². The van der Waals surface area contributed by atoms with E-state index in [2.05, 4.69) is 28.2 Å². The van der Waals surface area contributed by atoms with E-state index in [1.807, 2.05) is 13.1 Å². The quantitative estimate of drug-likeness (QED) is 0.740. The van der Waals surface area contributed by atoms with Gasteiger partial charge in [-0.3, -0.25) is 0 Å². The maximum Gasteiger partial charge on any atom is 0.123 e. The molecule has 3 unspecified atom stereocenters. The van der Waals surface area contributed by atoms with E-state index in [0.29, 0.717) is 5.92 Å². The third-order valence-electron chi connectivity index (χ3n) is 4.90. The van der Waals surface area contributed by atoms with Crippen LogP contribution >= 0.6 is 15.9 Å². The summed E-state index contributed by atoms with van der Waals surface area (Å²) >= 11 is 3.58. The second kappa shape index (κ2) is 8.28. The summed E-state index contributed by atoms with van der Waals surface area (Å²) in [7, 11) is 2.04. The summed E-state index contributed by atoms with van der Waals surface area (Å²) in [6, 6.07) is 5.06. The highest BCUT2D eigenvalue weighted by atomic mass is 79.9. The van der Waals surface area contributed by atoms with E-state index in [-0.39, 0.29) is 5.82 Å². The van der Waals surface area contributed by atoms with Crippen molar-refractivity contribution in [3.05, 3.63) is 34.1 Å². The lowest BCUT2D eigenvalue weighted by Crippen LogP contribution is -2.33.